The van der Waals surface area contributed by atoms with Crippen molar-refractivity contribution in [2.45, 2.75) is 31.2 Å². The van der Waals surface area contributed by atoms with E-state index in [1.54, 1.807) is 6.92 Å². The van der Waals surface area contributed by atoms with Gasteiger partial charge in [0.15, 0.2) is 0 Å². The van der Waals surface area contributed by atoms with E-state index < -0.39 is 4.92 Å². The van der Waals surface area contributed by atoms with Crippen molar-refractivity contribution >= 4 is 23.4 Å². The summed E-state index contributed by atoms with van der Waals surface area (Å²) in [7, 11) is 1.39. The Labute approximate surface area is 121 Å². The number of hydrogen-bond donors (Lipinski definition) is 0. The fourth-order valence-corrected chi connectivity index (χ4v) is 3.09. The van der Waals surface area contributed by atoms with Crippen LogP contribution in [0.3, 0.4) is 0 Å². The maximum Gasteiger partial charge on any atom is 0.306 e. The molecule has 1 heterocycles. The summed E-state index contributed by atoms with van der Waals surface area (Å²) in [5.41, 5.74) is 0.620. The lowest BCUT2D eigenvalue weighted by Crippen LogP contribution is -2.13. The molecule has 0 amide bonds. The maximum atomic E-state index is 11.3. The zero-order chi connectivity index (χ0) is 14.8. The molecule has 1 aromatic rings. The van der Waals surface area contributed by atoms with E-state index >= 15 is 0 Å². The minimum absolute atomic E-state index is 0.0148. The Morgan fingerprint density at radius 3 is 2.85 bits per heavy atom. The van der Waals surface area contributed by atoms with E-state index in [-0.39, 0.29) is 17.1 Å². The number of carbonyl (C=O) groups excluding carboxylic acids is 1. The lowest BCUT2D eigenvalue weighted by Gasteiger charge is -2.12. The normalized spacial score (nSPS) is 15.7. The second-order valence-electron chi connectivity index (χ2n) is 5.11. The summed E-state index contributed by atoms with van der Waals surface area (Å²) in [6.07, 6.45) is 3.90. The molecular weight excluding hydrogens is 280 g/mol. The van der Waals surface area contributed by atoms with Crippen LogP contribution in [0.4, 0.5) is 5.69 Å². The lowest BCUT2D eigenvalue weighted by atomic mass is 10.1. The van der Waals surface area contributed by atoms with E-state index in [9.17, 15) is 14.9 Å². The van der Waals surface area contributed by atoms with Gasteiger partial charge in [-0.3, -0.25) is 14.9 Å². The summed E-state index contributed by atoms with van der Waals surface area (Å²) in [5, 5.41) is 11.5. The van der Waals surface area contributed by atoms with Crippen LogP contribution in [0.15, 0.2) is 17.3 Å². The highest BCUT2D eigenvalue weighted by atomic mass is 32.2. The van der Waals surface area contributed by atoms with Crippen molar-refractivity contribution in [1.82, 2.24) is 4.98 Å². The van der Waals surface area contributed by atoms with E-state index in [2.05, 4.69) is 4.98 Å². The average Bonchev–Trinajstić information content (AvgIpc) is 3.17. The van der Waals surface area contributed by atoms with Crippen LogP contribution in [0.5, 0.6) is 0 Å². The van der Waals surface area contributed by atoms with Gasteiger partial charge >= 0.3 is 5.97 Å². The number of rotatable bonds is 6. The third-order valence-corrected chi connectivity index (χ3v) is 4.75. The molecule has 0 N–H and O–H groups in total. The number of thioether (sulfide) groups is 1. The molecule has 0 radical (unpaired) electrons. The van der Waals surface area contributed by atoms with E-state index in [0.717, 1.165) is 18.6 Å². The van der Waals surface area contributed by atoms with Gasteiger partial charge < -0.3 is 4.74 Å². The van der Waals surface area contributed by atoms with Crippen molar-refractivity contribution < 1.29 is 14.5 Å². The van der Waals surface area contributed by atoms with Gasteiger partial charge in [0, 0.05) is 23.6 Å². The van der Waals surface area contributed by atoms with E-state index in [1.807, 2.05) is 0 Å². The molecule has 7 heteroatoms. The number of nitro groups is 1. The van der Waals surface area contributed by atoms with E-state index in [4.69, 9.17) is 4.74 Å². The number of esters is 1. The fraction of sp³-hybridized carbons (Fsp3) is 0.538. The molecule has 0 aliphatic heterocycles. The summed E-state index contributed by atoms with van der Waals surface area (Å²) in [6, 6.07) is 1.49. The van der Waals surface area contributed by atoms with Crippen LogP contribution in [-0.2, 0) is 9.53 Å². The van der Waals surface area contributed by atoms with Gasteiger partial charge in [0.1, 0.15) is 5.03 Å². The van der Waals surface area contributed by atoms with Crippen molar-refractivity contribution in [3.63, 3.8) is 0 Å². The third kappa shape index (κ3) is 3.47. The smallest absolute Gasteiger partial charge is 0.306 e. The van der Waals surface area contributed by atoms with Crippen LogP contribution < -0.4 is 0 Å². The summed E-state index contributed by atoms with van der Waals surface area (Å²) >= 11 is 1.46. The number of nitrogens with zero attached hydrogens (tertiary/aromatic N) is 2. The third-order valence-electron chi connectivity index (χ3n) is 3.48. The van der Waals surface area contributed by atoms with Crippen LogP contribution >= 0.6 is 11.8 Å². The molecule has 1 aromatic heterocycles. The van der Waals surface area contributed by atoms with Gasteiger partial charge in [0.05, 0.1) is 18.5 Å². The number of pyridine rings is 1. The minimum atomic E-state index is -0.400. The Kier molecular flexibility index (Phi) is 4.27. The van der Waals surface area contributed by atoms with Crippen molar-refractivity contribution in [3.8, 4) is 0 Å². The molecule has 0 saturated heterocycles. The number of carbonyl (C=O) groups is 1. The largest absolute Gasteiger partial charge is 0.469 e. The van der Waals surface area contributed by atoms with Crippen LogP contribution in [0, 0.1) is 22.5 Å². The molecule has 0 unspecified atom stereocenters. The molecule has 1 fully saturated rings. The van der Waals surface area contributed by atoms with Gasteiger partial charge in [-0.1, -0.05) is 0 Å². The highest BCUT2D eigenvalue weighted by molar-refractivity contribution is 7.99. The van der Waals surface area contributed by atoms with Crippen molar-refractivity contribution in [2.75, 3.05) is 12.9 Å². The molecule has 1 aliphatic carbocycles. The molecule has 0 atom stereocenters. The zero-order valence-corrected chi connectivity index (χ0v) is 12.2. The summed E-state index contributed by atoms with van der Waals surface area (Å²) < 4.78 is 4.69. The predicted octanol–water partition coefficient (Wildman–Crippen LogP) is 2.73. The van der Waals surface area contributed by atoms with Gasteiger partial charge in [-0.05, 0) is 25.2 Å². The predicted molar refractivity (Wildman–Crippen MR) is 74.7 cm³/mol. The van der Waals surface area contributed by atoms with Gasteiger partial charge in [-0.25, -0.2) is 4.98 Å². The Hall–Kier alpha value is -1.63. The molecule has 2 rings (SSSR count). The molecule has 0 spiro atoms. The SMILES string of the molecule is COC(=O)CC1(CSc2cc([N+](=O)[O-])c(C)cn2)CC1. The summed E-state index contributed by atoms with van der Waals surface area (Å²) in [5.74, 6) is 0.529. The molecule has 108 valence electrons. The minimum Gasteiger partial charge on any atom is -0.469 e. The average molecular weight is 296 g/mol. The maximum absolute atomic E-state index is 11.3. The van der Waals surface area contributed by atoms with Crippen LogP contribution in [0.25, 0.3) is 0 Å². The van der Waals surface area contributed by atoms with E-state index in [1.165, 1.54) is 31.1 Å². The fourth-order valence-electron chi connectivity index (χ4n) is 1.92. The monoisotopic (exact) mass is 296 g/mol. The highest BCUT2D eigenvalue weighted by Crippen LogP contribution is 2.52. The number of hydrogen-bond acceptors (Lipinski definition) is 6. The first-order chi connectivity index (χ1) is 9.46. The van der Waals surface area contributed by atoms with Crippen molar-refractivity contribution in [2.24, 2.45) is 5.41 Å². The standard InChI is InChI=1S/C13H16N2O4S/c1-9-7-14-11(5-10(9)15(17)18)20-8-13(3-4-13)6-12(16)19-2/h5,7H,3-4,6,8H2,1-2H3. The topological polar surface area (TPSA) is 82.3 Å². The Morgan fingerprint density at radius 2 is 2.30 bits per heavy atom. The summed E-state index contributed by atoms with van der Waals surface area (Å²) in [6.45, 7) is 1.67. The van der Waals surface area contributed by atoms with E-state index in [0.29, 0.717) is 17.0 Å². The second-order valence-corrected chi connectivity index (χ2v) is 6.10. The molecule has 0 aromatic carbocycles. The lowest BCUT2D eigenvalue weighted by molar-refractivity contribution is -0.385. The van der Waals surface area contributed by atoms with Gasteiger partial charge in [0.25, 0.3) is 5.69 Å². The first-order valence-electron chi connectivity index (χ1n) is 6.26. The Balaban J connectivity index is 1.99. The second kappa shape index (κ2) is 5.78. The van der Waals surface area contributed by atoms with Gasteiger partial charge in [0.2, 0.25) is 0 Å². The molecule has 20 heavy (non-hydrogen) atoms. The molecular formula is C13H16N2O4S. The Bertz CT molecular complexity index is 543. The number of aromatic nitrogens is 1. The first-order valence-corrected chi connectivity index (χ1v) is 7.25. The van der Waals surface area contributed by atoms with Gasteiger partial charge in [-0.2, -0.15) is 0 Å². The van der Waals surface area contributed by atoms with Crippen LogP contribution in [-0.4, -0.2) is 28.7 Å². The molecule has 6 nitrogen and oxygen atoms in total. The number of ether oxygens (including phenoxy) is 1. The van der Waals surface area contributed by atoms with Crippen LogP contribution in [0.1, 0.15) is 24.8 Å². The summed E-state index contributed by atoms with van der Waals surface area (Å²) in [4.78, 5) is 26.0. The first kappa shape index (κ1) is 14.8. The molecule has 1 aliphatic rings. The molecule has 1 saturated carbocycles. The van der Waals surface area contributed by atoms with Crippen molar-refractivity contribution in [1.29, 1.82) is 0 Å². The van der Waals surface area contributed by atoms with Gasteiger partial charge in [-0.15, -0.1) is 11.8 Å². The molecule has 0 bridgehead atoms. The number of aryl methyl sites for hydroxylation is 1. The van der Waals surface area contributed by atoms with Crippen LogP contribution in [0.2, 0.25) is 0 Å². The number of methoxy groups -OCH3 is 1. The highest BCUT2D eigenvalue weighted by Gasteiger charge is 2.44. The Morgan fingerprint density at radius 1 is 1.60 bits per heavy atom. The van der Waals surface area contributed by atoms with Crippen molar-refractivity contribution in [3.05, 3.63) is 27.9 Å². The zero-order valence-electron chi connectivity index (χ0n) is 11.4. The quantitative estimate of drug-likeness (QED) is 0.347.